The summed E-state index contributed by atoms with van der Waals surface area (Å²) in [5.41, 5.74) is -1.46. The Morgan fingerprint density at radius 2 is 1.95 bits per heavy atom. The number of carbonyl (C=O) groups is 2. The minimum absolute atomic E-state index is 0.180. The summed E-state index contributed by atoms with van der Waals surface area (Å²) in [6.45, 7) is 9.73. The molecule has 21 heavy (non-hydrogen) atoms. The van der Waals surface area contributed by atoms with Crippen molar-refractivity contribution in [2.45, 2.75) is 65.0 Å². The number of nitrogens with one attached hydrogen (secondary N) is 1. The zero-order chi connectivity index (χ0) is 15.8. The molecule has 4 unspecified atom stereocenters. The lowest BCUT2D eigenvalue weighted by Gasteiger charge is -2.48. The lowest BCUT2D eigenvalue weighted by atomic mass is 9.63. The van der Waals surface area contributed by atoms with Crippen molar-refractivity contribution in [1.82, 2.24) is 5.32 Å². The van der Waals surface area contributed by atoms with E-state index in [1.807, 2.05) is 20.8 Å². The SMILES string of the molecule is CCOC(=O)C1(NC(=O)OC(C)(C)C)CCC1C1CC1C. The first-order chi connectivity index (χ1) is 9.69. The first kappa shape index (κ1) is 16.1. The van der Waals surface area contributed by atoms with Crippen molar-refractivity contribution in [1.29, 1.82) is 0 Å². The minimum atomic E-state index is -0.881. The topological polar surface area (TPSA) is 64.6 Å². The minimum Gasteiger partial charge on any atom is -0.464 e. The van der Waals surface area contributed by atoms with Crippen LogP contribution in [0.25, 0.3) is 0 Å². The Balaban J connectivity index is 2.10. The van der Waals surface area contributed by atoms with Crippen molar-refractivity contribution in [2.24, 2.45) is 17.8 Å². The molecule has 2 fully saturated rings. The second-order valence-electron chi connectivity index (χ2n) is 7.34. The van der Waals surface area contributed by atoms with E-state index in [0.29, 0.717) is 24.9 Å². The third-order valence-electron chi connectivity index (χ3n) is 4.53. The number of ether oxygens (including phenoxy) is 2. The van der Waals surface area contributed by atoms with Gasteiger partial charge in [-0.1, -0.05) is 6.92 Å². The molecule has 0 aliphatic heterocycles. The summed E-state index contributed by atoms with van der Waals surface area (Å²) >= 11 is 0. The van der Waals surface area contributed by atoms with Crippen LogP contribution in [0, 0.1) is 17.8 Å². The van der Waals surface area contributed by atoms with Crippen LogP contribution in [-0.2, 0) is 14.3 Å². The highest BCUT2D eigenvalue weighted by Crippen LogP contribution is 2.56. The van der Waals surface area contributed by atoms with Crippen LogP contribution in [0.1, 0.15) is 53.9 Å². The molecule has 5 heteroatoms. The lowest BCUT2D eigenvalue weighted by molar-refractivity contribution is -0.160. The molecule has 1 amide bonds. The van der Waals surface area contributed by atoms with Gasteiger partial charge in [-0.25, -0.2) is 9.59 Å². The van der Waals surface area contributed by atoms with Gasteiger partial charge in [0, 0.05) is 0 Å². The summed E-state index contributed by atoms with van der Waals surface area (Å²) in [5.74, 6) is 1.01. The quantitative estimate of drug-likeness (QED) is 0.810. The molecular formula is C16H27NO4. The molecule has 0 saturated heterocycles. The van der Waals surface area contributed by atoms with E-state index in [-0.39, 0.29) is 11.9 Å². The zero-order valence-corrected chi connectivity index (χ0v) is 13.7. The number of esters is 1. The molecule has 0 bridgehead atoms. The number of rotatable bonds is 4. The average molecular weight is 297 g/mol. The number of alkyl carbamates (subject to hydrolysis) is 1. The third kappa shape index (κ3) is 3.33. The van der Waals surface area contributed by atoms with Crippen molar-refractivity contribution in [3.63, 3.8) is 0 Å². The first-order valence-corrected chi connectivity index (χ1v) is 7.88. The van der Waals surface area contributed by atoms with Gasteiger partial charge in [-0.15, -0.1) is 0 Å². The summed E-state index contributed by atoms with van der Waals surface area (Å²) in [4.78, 5) is 24.5. The van der Waals surface area contributed by atoms with Crippen molar-refractivity contribution < 1.29 is 19.1 Å². The van der Waals surface area contributed by atoms with Gasteiger partial charge in [-0.3, -0.25) is 0 Å². The van der Waals surface area contributed by atoms with E-state index in [0.717, 1.165) is 12.8 Å². The summed E-state index contributed by atoms with van der Waals surface area (Å²) in [6.07, 6.45) is 2.19. The van der Waals surface area contributed by atoms with Gasteiger partial charge in [-0.05, 0) is 64.7 Å². The molecule has 2 rings (SSSR count). The maximum atomic E-state index is 12.4. The van der Waals surface area contributed by atoms with Gasteiger partial charge in [0.05, 0.1) is 6.61 Å². The smallest absolute Gasteiger partial charge is 0.408 e. The van der Waals surface area contributed by atoms with Gasteiger partial charge in [-0.2, -0.15) is 0 Å². The summed E-state index contributed by atoms with van der Waals surface area (Å²) in [6, 6.07) is 0. The van der Waals surface area contributed by atoms with Crippen LogP contribution in [0.15, 0.2) is 0 Å². The fraction of sp³-hybridized carbons (Fsp3) is 0.875. The Labute approximate surface area is 126 Å². The molecule has 2 aliphatic rings. The second kappa shape index (κ2) is 5.50. The number of hydrogen-bond acceptors (Lipinski definition) is 4. The molecule has 2 aliphatic carbocycles. The molecule has 5 nitrogen and oxygen atoms in total. The molecule has 0 aromatic heterocycles. The molecule has 4 atom stereocenters. The maximum Gasteiger partial charge on any atom is 0.408 e. The van der Waals surface area contributed by atoms with Crippen molar-refractivity contribution in [2.75, 3.05) is 6.61 Å². The molecule has 0 radical (unpaired) electrons. The van der Waals surface area contributed by atoms with Crippen LogP contribution in [-0.4, -0.2) is 29.8 Å². The molecule has 120 valence electrons. The number of carbonyl (C=O) groups excluding carboxylic acids is 2. The maximum absolute atomic E-state index is 12.4. The number of amides is 1. The highest BCUT2D eigenvalue weighted by Gasteiger charge is 2.61. The van der Waals surface area contributed by atoms with Crippen LogP contribution in [0.5, 0.6) is 0 Å². The molecule has 2 saturated carbocycles. The predicted molar refractivity (Wildman–Crippen MR) is 78.7 cm³/mol. The highest BCUT2D eigenvalue weighted by atomic mass is 16.6. The summed E-state index contributed by atoms with van der Waals surface area (Å²) in [5, 5.41) is 2.83. The largest absolute Gasteiger partial charge is 0.464 e. The van der Waals surface area contributed by atoms with E-state index in [1.165, 1.54) is 0 Å². The second-order valence-corrected chi connectivity index (χ2v) is 7.34. The van der Waals surface area contributed by atoms with E-state index < -0.39 is 17.2 Å². The van der Waals surface area contributed by atoms with Gasteiger partial charge in [0.25, 0.3) is 0 Å². The van der Waals surface area contributed by atoms with Gasteiger partial charge in [0.15, 0.2) is 0 Å². The van der Waals surface area contributed by atoms with Gasteiger partial charge < -0.3 is 14.8 Å². The fourth-order valence-electron chi connectivity index (χ4n) is 3.30. The van der Waals surface area contributed by atoms with Crippen LogP contribution in [0.4, 0.5) is 4.79 Å². The standard InChI is InChI=1S/C16H27NO4/c1-6-20-13(18)16(17-14(19)21-15(3,4)5)8-7-12(16)11-9-10(11)2/h10-12H,6-9H2,1-5H3,(H,17,19). The average Bonchev–Trinajstić information content (AvgIpc) is 2.98. The Bertz CT molecular complexity index is 428. The normalized spacial score (nSPS) is 34.6. The monoisotopic (exact) mass is 297 g/mol. The fourth-order valence-corrected chi connectivity index (χ4v) is 3.30. The third-order valence-corrected chi connectivity index (χ3v) is 4.53. The van der Waals surface area contributed by atoms with Gasteiger partial charge >= 0.3 is 12.1 Å². The summed E-state index contributed by atoms with van der Waals surface area (Å²) in [7, 11) is 0. The van der Waals surface area contributed by atoms with E-state index in [9.17, 15) is 9.59 Å². The van der Waals surface area contributed by atoms with E-state index in [1.54, 1.807) is 6.92 Å². The lowest BCUT2D eigenvalue weighted by Crippen LogP contribution is -2.66. The van der Waals surface area contributed by atoms with E-state index in [4.69, 9.17) is 9.47 Å². The van der Waals surface area contributed by atoms with E-state index in [2.05, 4.69) is 12.2 Å². The Morgan fingerprint density at radius 1 is 1.33 bits per heavy atom. The van der Waals surface area contributed by atoms with Crippen LogP contribution in [0.2, 0.25) is 0 Å². The zero-order valence-electron chi connectivity index (χ0n) is 13.7. The first-order valence-electron chi connectivity index (χ1n) is 7.88. The molecule has 0 heterocycles. The van der Waals surface area contributed by atoms with Crippen molar-refractivity contribution in [3.8, 4) is 0 Å². The van der Waals surface area contributed by atoms with Crippen molar-refractivity contribution in [3.05, 3.63) is 0 Å². The Hall–Kier alpha value is -1.26. The molecule has 0 aromatic carbocycles. The highest BCUT2D eigenvalue weighted by molar-refractivity contribution is 5.87. The van der Waals surface area contributed by atoms with Crippen molar-refractivity contribution >= 4 is 12.1 Å². The molecule has 0 aromatic rings. The van der Waals surface area contributed by atoms with E-state index >= 15 is 0 Å². The Kier molecular flexibility index (Phi) is 4.22. The summed E-state index contributed by atoms with van der Waals surface area (Å²) < 4.78 is 10.5. The van der Waals surface area contributed by atoms with Gasteiger partial charge in [0.1, 0.15) is 11.1 Å². The molecule has 0 spiro atoms. The molecular weight excluding hydrogens is 270 g/mol. The Morgan fingerprint density at radius 3 is 2.33 bits per heavy atom. The van der Waals surface area contributed by atoms with Crippen LogP contribution in [0.3, 0.4) is 0 Å². The number of hydrogen-bond donors (Lipinski definition) is 1. The van der Waals surface area contributed by atoms with Crippen LogP contribution < -0.4 is 5.32 Å². The molecule has 1 N–H and O–H groups in total. The van der Waals surface area contributed by atoms with Gasteiger partial charge in [0.2, 0.25) is 0 Å². The predicted octanol–water partition coefficient (Wildman–Crippen LogP) is 2.88. The van der Waals surface area contributed by atoms with Crippen LogP contribution >= 0.6 is 0 Å².